The van der Waals surface area contributed by atoms with Gasteiger partial charge in [-0.2, -0.15) is 4.37 Å². The quantitative estimate of drug-likeness (QED) is 0.262. The molecule has 0 saturated carbocycles. The SMILES string of the molecule is Cc1cccc(N(C(=O)c2snc(C(N)=O)c2N)[C@@H](C(=O)NCc2ccc(F)cc2)c2ccc(O)cc2)c1C. The van der Waals surface area contributed by atoms with Crippen LogP contribution in [-0.2, 0) is 11.3 Å². The number of primary amides is 1. The number of hydrogen-bond donors (Lipinski definition) is 4. The number of carbonyl (C=O) groups excluding carboxylic acids is 3. The van der Waals surface area contributed by atoms with Gasteiger partial charge in [-0.3, -0.25) is 19.3 Å². The van der Waals surface area contributed by atoms with Gasteiger partial charge in [0, 0.05) is 12.2 Å². The van der Waals surface area contributed by atoms with E-state index in [-0.39, 0.29) is 28.6 Å². The van der Waals surface area contributed by atoms with Crippen molar-refractivity contribution in [2.45, 2.75) is 26.4 Å². The molecule has 0 aliphatic rings. The number of amides is 3. The smallest absolute Gasteiger partial charge is 0.273 e. The van der Waals surface area contributed by atoms with Crippen LogP contribution in [0.3, 0.4) is 0 Å². The highest BCUT2D eigenvalue weighted by Gasteiger charge is 2.36. The summed E-state index contributed by atoms with van der Waals surface area (Å²) in [6, 6.07) is 15.7. The molecule has 0 radical (unpaired) electrons. The number of halogens is 1. The third-order valence-electron chi connectivity index (χ3n) is 6.31. The van der Waals surface area contributed by atoms with Gasteiger partial charge in [-0.25, -0.2) is 4.39 Å². The van der Waals surface area contributed by atoms with Crippen molar-refractivity contribution in [3.63, 3.8) is 0 Å². The Bertz CT molecular complexity index is 1540. The zero-order valence-corrected chi connectivity index (χ0v) is 22.0. The lowest BCUT2D eigenvalue weighted by atomic mass is 9.99. The first-order chi connectivity index (χ1) is 18.6. The van der Waals surface area contributed by atoms with Gasteiger partial charge in [-0.15, -0.1) is 0 Å². The summed E-state index contributed by atoms with van der Waals surface area (Å²) in [5.74, 6) is -2.52. The molecule has 0 aliphatic carbocycles. The maximum absolute atomic E-state index is 14.2. The van der Waals surface area contributed by atoms with Crippen LogP contribution >= 0.6 is 11.5 Å². The molecule has 39 heavy (non-hydrogen) atoms. The Morgan fingerprint density at radius 2 is 1.72 bits per heavy atom. The number of carbonyl (C=O) groups is 3. The lowest BCUT2D eigenvalue weighted by Crippen LogP contribution is -2.44. The van der Waals surface area contributed by atoms with Crippen molar-refractivity contribution < 1.29 is 23.9 Å². The topological polar surface area (TPSA) is 152 Å². The number of nitrogen functional groups attached to an aromatic ring is 1. The van der Waals surface area contributed by atoms with E-state index in [4.69, 9.17) is 11.5 Å². The summed E-state index contributed by atoms with van der Waals surface area (Å²) in [6.07, 6.45) is 0. The Labute approximate surface area is 228 Å². The van der Waals surface area contributed by atoms with Crippen molar-refractivity contribution >= 4 is 40.6 Å². The molecule has 1 atom stereocenters. The van der Waals surface area contributed by atoms with E-state index in [1.165, 1.54) is 41.3 Å². The molecule has 0 saturated heterocycles. The van der Waals surface area contributed by atoms with Gasteiger partial charge >= 0.3 is 0 Å². The fraction of sp³-hybridized carbons (Fsp3) is 0.143. The molecule has 0 fully saturated rings. The van der Waals surface area contributed by atoms with E-state index >= 15 is 0 Å². The number of rotatable bonds is 8. The molecular weight excluding hydrogens is 521 g/mol. The number of aromatic nitrogens is 1. The molecule has 6 N–H and O–H groups in total. The second kappa shape index (κ2) is 11.3. The number of aryl methyl sites for hydroxylation is 1. The minimum atomic E-state index is -1.22. The normalized spacial score (nSPS) is 11.6. The van der Waals surface area contributed by atoms with Gasteiger partial charge in [-0.05, 0) is 78.0 Å². The molecule has 1 aromatic heterocycles. The van der Waals surface area contributed by atoms with Gasteiger partial charge in [0.15, 0.2) is 5.69 Å². The second-order valence-electron chi connectivity index (χ2n) is 8.87. The fourth-order valence-corrected chi connectivity index (χ4v) is 4.81. The molecule has 4 aromatic rings. The first-order valence-electron chi connectivity index (χ1n) is 11.8. The summed E-state index contributed by atoms with van der Waals surface area (Å²) in [6.45, 7) is 3.76. The summed E-state index contributed by atoms with van der Waals surface area (Å²) >= 11 is 0.710. The largest absolute Gasteiger partial charge is 0.508 e. The van der Waals surface area contributed by atoms with Gasteiger partial charge in [-0.1, -0.05) is 36.4 Å². The highest BCUT2D eigenvalue weighted by molar-refractivity contribution is 7.09. The van der Waals surface area contributed by atoms with E-state index in [9.17, 15) is 23.9 Å². The Kier molecular flexibility index (Phi) is 7.91. The third-order valence-corrected chi connectivity index (χ3v) is 7.16. The van der Waals surface area contributed by atoms with E-state index < -0.39 is 29.6 Å². The number of anilines is 2. The average Bonchev–Trinajstić information content (AvgIpc) is 3.30. The van der Waals surface area contributed by atoms with Gasteiger partial charge in [0.2, 0.25) is 5.91 Å². The van der Waals surface area contributed by atoms with Crippen molar-refractivity contribution in [2.24, 2.45) is 5.73 Å². The summed E-state index contributed by atoms with van der Waals surface area (Å²) < 4.78 is 17.3. The lowest BCUT2D eigenvalue weighted by molar-refractivity contribution is -0.122. The zero-order chi connectivity index (χ0) is 28.3. The van der Waals surface area contributed by atoms with Crippen LogP contribution in [0.1, 0.15) is 48.5 Å². The molecule has 11 heteroatoms. The van der Waals surface area contributed by atoms with Crippen molar-refractivity contribution in [3.8, 4) is 5.75 Å². The molecule has 4 rings (SSSR count). The predicted octanol–water partition coefficient (Wildman–Crippen LogP) is 3.99. The summed E-state index contributed by atoms with van der Waals surface area (Å²) in [7, 11) is 0. The number of nitrogens with one attached hydrogen (secondary N) is 1. The summed E-state index contributed by atoms with van der Waals surface area (Å²) in [4.78, 5) is 41.0. The van der Waals surface area contributed by atoms with Crippen LogP contribution in [0.2, 0.25) is 0 Å². The van der Waals surface area contributed by atoms with Gasteiger partial charge in [0.05, 0.1) is 5.69 Å². The van der Waals surface area contributed by atoms with Crippen molar-refractivity contribution in [1.82, 2.24) is 9.69 Å². The Morgan fingerprint density at radius 1 is 1.05 bits per heavy atom. The molecular formula is C28H26FN5O4S. The average molecular weight is 548 g/mol. The van der Waals surface area contributed by atoms with Crippen molar-refractivity contribution in [2.75, 3.05) is 10.6 Å². The standard InChI is InChI=1S/C28H26FN5O4S/c1-15-4-3-5-21(16(15)2)34(28(38)25-22(30)23(26(31)36)33-39-25)24(18-8-12-20(35)13-9-18)27(37)32-14-17-6-10-19(29)11-7-17/h3-13,24,35H,14,30H2,1-2H3,(H2,31,36)(H,32,37)/t24-/m1/s1. The van der Waals surface area contributed by atoms with Crippen LogP contribution in [0.25, 0.3) is 0 Å². The number of benzene rings is 3. The molecule has 3 aromatic carbocycles. The number of nitrogens with two attached hydrogens (primary N) is 2. The third kappa shape index (κ3) is 5.73. The predicted molar refractivity (Wildman–Crippen MR) is 147 cm³/mol. The van der Waals surface area contributed by atoms with Crippen LogP contribution in [0, 0.1) is 19.7 Å². The van der Waals surface area contributed by atoms with Crippen LogP contribution in [0.4, 0.5) is 15.8 Å². The maximum Gasteiger partial charge on any atom is 0.273 e. The number of aromatic hydroxyl groups is 1. The van der Waals surface area contributed by atoms with Crippen molar-refractivity contribution in [3.05, 3.63) is 105 Å². The second-order valence-corrected chi connectivity index (χ2v) is 9.64. The lowest BCUT2D eigenvalue weighted by Gasteiger charge is -2.32. The van der Waals surface area contributed by atoms with Crippen LogP contribution in [-0.4, -0.2) is 27.2 Å². The number of nitrogens with zero attached hydrogens (tertiary/aromatic N) is 2. The van der Waals surface area contributed by atoms with Crippen molar-refractivity contribution in [1.29, 1.82) is 0 Å². The minimum Gasteiger partial charge on any atom is -0.508 e. The van der Waals surface area contributed by atoms with Gasteiger partial charge < -0.3 is 21.9 Å². The Hall–Kier alpha value is -4.77. The van der Waals surface area contributed by atoms with E-state index in [1.807, 2.05) is 19.9 Å². The molecule has 3 amide bonds. The van der Waals surface area contributed by atoms with E-state index in [2.05, 4.69) is 9.69 Å². The maximum atomic E-state index is 14.2. The van der Waals surface area contributed by atoms with Crippen LogP contribution in [0.15, 0.2) is 66.7 Å². The Balaban J connectivity index is 1.85. The number of phenolic OH excluding ortho intramolecular Hbond substituents is 1. The van der Waals surface area contributed by atoms with Crippen LogP contribution in [0.5, 0.6) is 5.75 Å². The number of hydrogen-bond acceptors (Lipinski definition) is 7. The van der Waals surface area contributed by atoms with E-state index in [0.29, 0.717) is 28.3 Å². The highest BCUT2D eigenvalue weighted by atomic mass is 32.1. The first-order valence-corrected chi connectivity index (χ1v) is 12.6. The Morgan fingerprint density at radius 3 is 2.33 bits per heavy atom. The van der Waals surface area contributed by atoms with E-state index in [1.54, 1.807) is 24.3 Å². The van der Waals surface area contributed by atoms with Gasteiger partial charge in [0.25, 0.3) is 11.8 Å². The minimum absolute atomic E-state index is 0.0216. The summed E-state index contributed by atoms with van der Waals surface area (Å²) in [5, 5.41) is 12.7. The molecule has 0 spiro atoms. The highest BCUT2D eigenvalue weighted by Crippen LogP contribution is 2.36. The zero-order valence-electron chi connectivity index (χ0n) is 21.1. The summed E-state index contributed by atoms with van der Waals surface area (Å²) in [5.41, 5.74) is 14.2. The molecule has 0 aliphatic heterocycles. The first kappa shape index (κ1) is 27.3. The molecule has 1 heterocycles. The molecule has 0 unspecified atom stereocenters. The van der Waals surface area contributed by atoms with Crippen LogP contribution < -0.4 is 21.7 Å². The molecule has 9 nitrogen and oxygen atoms in total. The fourth-order valence-electron chi connectivity index (χ4n) is 4.06. The molecule has 200 valence electrons. The monoisotopic (exact) mass is 547 g/mol. The molecule has 0 bridgehead atoms. The van der Waals surface area contributed by atoms with Gasteiger partial charge in [0.1, 0.15) is 22.5 Å². The van der Waals surface area contributed by atoms with E-state index in [0.717, 1.165) is 11.1 Å². The number of phenols is 1.